The number of rotatable bonds is 3. The monoisotopic (exact) mass is 304 g/mol. The molecule has 19 heavy (non-hydrogen) atoms. The summed E-state index contributed by atoms with van der Waals surface area (Å²) < 4.78 is 41.4. The van der Waals surface area contributed by atoms with Gasteiger partial charge in [0, 0.05) is 18.8 Å². The highest BCUT2D eigenvalue weighted by molar-refractivity contribution is 7.92. The number of anilines is 2. The van der Waals surface area contributed by atoms with E-state index in [9.17, 15) is 12.8 Å². The van der Waals surface area contributed by atoms with Crippen molar-refractivity contribution in [1.29, 1.82) is 0 Å². The Morgan fingerprint density at radius 1 is 1.47 bits per heavy atom. The molecule has 0 aliphatic heterocycles. The van der Waals surface area contributed by atoms with Gasteiger partial charge in [-0.2, -0.15) is 5.10 Å². The van der Waals surface area contributed by atoms with Crippen molar-refractivity contribution in [2.24, 2.45) is 7.05 Å². The first-order valence-corrected chi connectivity index (χ1v) is 6.93. The lowest BCUT2D eigenvalue weighted by molar-refractivity contribution is 0.570. The van der Waals surface area contributed by atoms with Gasteiger partial charge in [-0.05, 0) is 12.1 Å². The predicted molar refractivity (Wildman–Crippen MR) is 69.8 cm³/mol. The maximum absolute atomic E-state index is 13.8. The fraction of sp³-hybridized carbons (Fsp3) is 0.100. The summed E-state index contributed by atoms with van der Waals surface area (Å²) in [5, 5.41) is 3.44. The van der Waals surface area contributed by atoms with E-state index >= 15 is 0 Å². The standard InChI is InChI=1S/C10H10ClFN4O2S/c1-16-9(2-3-14-16)15-19(17,18)8-5-6(13)4-7(11)10(8)12/h2-5,15H,13H2,1H3. The molecule has 1 aromatic heterocycles. The van der Waals surface area contributed by atoms with Gasteiger partial charge in [-0.3, -0.25) is 9.40 Å². The molecule has 9 heteroatoms. The highest BCUT2D eigenvalue weighted by Crippen LogP contribution is 2.27. The molecular weight excluding hydrogens is 295 g/mol. The molecule has 0 atom stereocenters. The fourth-order valence-electron chi connectivity index (χ4n) is 1.45. The summed E-state index contributed by atoms with van der Waals surface area (Å²) >= 11 is 5.57. The molecule has 0 saturated heterocycles. The maximum atomic E-state index is 13.8. The molecule has 2 rings (SSSR count). The minimum absolute atomic E-state index is 0.0526. The van der Waals surface area contributed by atoms with Crippen molar-refractivity contribution in [3.05, 3.63) is 35.2 Å². The predicted octanol–water partition coefficient (Wildman–Crippen LogP) is 1.60. The lowest BCUT2D eigenvalue weighted by atomic mass is 10.3. The van der Waals surface area contributed by atoms with Crippen LogP contribution in [0.3, 0.4) is 0 Å². The number of aromatic nitrogens is 2. The Balaban J connectivity index is 2.49. The van der Waals surface area contributed by atoms with Crippen molar-refractivity contribution in [2.75, 3.05) is 10.5 Å². The molecule has 0 spiro atoms. The van der Waals surface area contributed by atoms with Crippen molar-refractivity contribution >= 4 is 33.1 Å². The van der Waals surface area contributed by atoms with E-state index in [1.54, 1.807) is 7.05 Å². The van der Waals surface area contributed by atoms with E-state index < -0.39 is 20.7 Å². The lowest BCUT2D eigenvalue weighted by Gasteiger charge is -2.10. The zero-order valence-electron chi connectivity index (χ0n) is 9.76. The van der Waals surface area contributed by atoms with Crippen LogP contribution < -0.4 is 10.5 Å². The zero-order valence-corrected chi connectivity index (χ0v) is 11.3. The molecule has 3 N–H and O–H groups in total. The summed E-state index contributed by atoms with van der Waals surface area (Å²) in [7, 11) is -2.59. The van der Waals surface area contributed by atoms with Gasteiger partial charge in [-0.25, -0.2) is 12.8 Å². The van der Waals surface area contributed by atoms with E-state index in [1.165, 1.54) is 16.9 Å². The van der Waals surface area contributed by atoms with Crippen molar-refractivity contribution in [3.63, 3.8) is 0 Å². The van der Waals surface area contributed by atoms with Gasteiger partial charge in [0.25, 0.3) is 10.0 Å². The molecule has 1 aromatic carbocycles. The van der Waals surface area contributed by atoms with Crippen LogP contribution in [0.5, 0.6) is 0 Å². The molecule has 102 valence electrons. The quantitative estimate of drug-likeness (QED) is 0.843. The van der Waals surface area contributed by atoms with Gasteiger partial charge < -0.3 is 5.73 Å². The highest BCUT2D eigenvalue weighted by Gasteiger charge is 2.23. The first-order valence-electron chi connectivity index (χ1n) is 5.06. The van der Waals surface area contributed by atoms with Crippen molar-refractivity contribution < 1.29 is 12.8 Å². The average molecular weight is 305 g/mol. The molecule has 0 fully saturated rings. The second-order valence-corrected chi connectivity index (χ2v) is 5.82. The summed E-state index contributed by atoms with van der Waals surface area (Å²) in [6.45, 7) is 0. The average Bonchev–Trinajstić information content (AvgIpc) is 2.69. The fourth-order valence-corrected chi connectivity index (χ4v) is 2.95. The minimum Gasteiger partial charge on any atom is -0.399 e. The highest BCUT2D eigenvalue weighted by atomic mass is 35.5. The molecule has 0 aliphatic rings. The zero-order chi connectivity index (χ0) is 14.2. The number of benzene rings is 1. The van der Waals surface area contributed by atoms with Crippen molar-refractivity contribution in [1.82, 2.24) is 9.78 Å². The van der Waals surface area contributed by atoms with Gasteiger partial charge in [0.1, 0.15) is 10.7 Å². The molecule has 0 amide bonds. The molecule has 6 nitrogen and oxygen atoms in total. The lowest BCUT2D eigenvalue weighted by Crippen LogP contribution is -2.17. The largest absolute Gasteiger partial charge is 0.399 e. The topological polar surface area (TPSA) is 90.0 Å². The molecule has 0 bridgehead atoms. The van der Waals surface area contributed by atoms with Crippen LogP contribution in [-0.2, 0) is 17.1 Å². The van der Waals surface area contributed by atoms with Crippen LogP contribution in [0.15, 0.2) is 29.3 Å². The molecule has 0 radical (unpaired) electrons. The van der Waals surface area contributed by atoms with Crippen molar-refractivity contribution in [2.45, 2.75) is 4.90 Å². The number of nitrogens with one attached hydrogen (secondary N) is 1. The summed E-state index contributed by atoms with van der Waals surface area (Å²) in [6, 6.07) is 3.57. The number of halogens is 2. The van der Waals surface area contributed by atoms with E-state index in [2.05, 4.69) is 9.82 Å². The van der Waals surface area contributed by atoms with E-state index in [-0.39, 0.29) is 16.5 Å². The van der Waals surface area contributed by atoms with Crippen LogP contribution in [0.2, 0.25) is 5.02 Å². The van der Waals surface area contributed by atoms with Crippen LogP contribution in [0.1, 0.15) is 0 Å². The Morgan fingerprint density at radius 3 is 2.74 bits per heavy atom. The van der Waals surface area contributed by atoms with E-state index in [0.717, 1.165) is 12.1 Å². The van der Waals surface area contributed by atoms with Gasteiger partial charge in [-0.1, -0.05) is 11.6 Å². The van der Waals surface area contributed by atoms with Crippen LogP contribution in [-0.4, -0.2) is 18.2 Å². The molecule has 2 aromatic rings. The molecule has 1 heterocycles. The molecule has 0 saturated carbocycles. The third-order valence-electron chi connectivity index (χ3n) is 2.37. The summed E-state index contributed by atoms with van der Waals surface area (Å²) in [4.78, 5) is -0.612. The van der Waals surface area contributed by atoms with Crippen LogP contribution in [0.25, 0.3) is 0 Å². The number of nitrogens with two attached hydrogens (primary N) is 1. The first kappa shape index (κ1) is 13.6. The second-order valence-electron chi connectivity index (χ2n) is 3.76. The number of aryl methyl sites for hydroxylation is 1. The summed E-state index contributed by atoms with van der Waals surface area (Å²) in [6.07, 6.45) is 1.40. The van der Waals surface area contributed by atoms with Gasteiger partial charge in [0.05, 0.1) is 11.2 Å². The number of nitrogens with zero attached hydrogens (tertiary/aromatic N) is 2. The summed E-state index contributed by atoms with van der Waals surface area (Å²) in [5.41, 5.74) is 5.52. The van der Waals surface area contributed by atoms with E-state index in [0.29, 0.717) is 0 Å². The third-order valence-corrected chi connectivity index (χ3v) is 4.00. The van der Waals surface area contributed by atoms with Gasteiger partial charge in [0.2, 0.25) is 0 Å². The van der Waals surface area contributed by atoms with Gasteiger partial charge in [-0.15, -0.1) is 0 Å². The normalized spacial score (nSPS) is 11.5. The SMILES string of the molecule is Cn1nccc1NS(=O)(=O)c1cc(N)cc(Cl)c1F. The van der Waals surface area contributed by atoms with E-state index in [4.69, 9.17) is 17.3 Å². The minimum atomic E-state index is -4.13. The van der Waals surface area contributed by atoms with Crippen LogP contribution in [0, 0.1) is 5.82 Å². The van der Waals surface area contributed by atoms with Gasteiger partial charge in [0.15, 0.2) is 5.82 Å². The summed E-state index contributed by atoms with van der Waals surface area (Å²) in [5.74, 6) is -0.858. The van der Waals surface area contributed by atoms with Gasteiger partial charge >= 0.3 is 0 Å². The van der Waals surface area contributed by atoms with Crippen molar-refractivity contribution in [3.8, 4) is 0 Å². The first-order chi connectivity index (χ1) is 8.81. The molecule has 0 unspecified atom stereocenters. The molecular formula is C10H10ClFN4O2S. The number of hydrogen-bond donors (Lipinski definition) is 2. The Labute approximate surface area is 114 Å². The number of sulfonamides is 1. The number of nitrogen functional groups attached to an aromatic ring is 1. The van der Waals surface area contributed by atoms with E-state index in [1.807, 2.05) is 0 Å². The maximum Gasteiger partial charge on any atom is 0.266 e. The second kappa shape index (κ2) is 4.71. The third kappa shape index (κ3) is 2.64. The Kier molecular flexibility index (Phi) is 3.38. The Bertz CT molecular complexity index is 729. The smallest absolute Gasteiger partial charge is 0.266 e. The van der Waals surface area contributed by atoms with Crippen LogP contribution in [0.4, 0.5) is 15.9 Å². The molecule has 0 aliphatic carbocycles. The van der Waals surface area contributed by atoms with Crippen LogP contribution >= 0.6 is 11.6 Å². The number of hydrogen-bond acceptors (Lipinski definition) is 4. The Hall–Kier alpha value is -1.80. The Morgan fingerprint density at radius 2 is 2.16 bits per heavy atom.